The fourth-order valence-electron chi connectivity index (χ4n) is 2.27. The second-order valence-corrected chi connectivity index (χ2v) is 4.71. The number of hydrogen-bond acceptors (Lipinski definition) is 2. The summed E-state index contributed by atoms with van der Waals surface area (Å²) in [6, 6.07) is 0.454. The molecule has 1 heterocycles. The molecule has 1 aliphatic carbocycles. The van der Waals surface area contributed by atoms with Crippen LogP contribution in [0.2, 0.25) is 0 Å². The zero-order valence-corrected chi connectivity index (χ0v) is 9.46. The Bertz CT molecular complexity index is 317. The summed E-state index contributed by atoms with van der Waals surface area (Å²) in [4.78, 5) is 0. The fraction of sp³-hybridized carbons (Fsp3) is 0.727. The monoisotopic (exact) mass is 193 g/mol. The lowest BCUT2D eigenvalue weighted by molar-refractivity contribution is 0.368. The van der Waals surface area contributed by atoms with E-state index in [0.29, 0.717) is 11.5 Å². The van der Waals surface area contributed by atoms with E-state index in [2.05, 4.69) is 24.3 Å². The molecule has 14 heavy (non-hydrogen) atoms. The second kappa shape index (κ2) is 3.09. The Kier molecular flexibility index (Phi) is 2.14. The van der Waals surface area contributed by atoms with Crippen molar-refractivity contribution in [1.29, 1.82) is 0 Å². The van der Waals surface area contributed by atoms with Gasteiger partial charge in [-0.05, 0) is 37.8 Å². The highest BCUT2D eigenvalue weighted by molar-refractivity contribution is 5.23. The van der Waals surface area contributed by atoms with Crippen molar-refractivity contribution in [3.63, 3.8) is 0 Å². The van der Waals surface area contributed by atoms with E-state index in [-0.39, 0.29) is 0 Å². The van der Waals surface area contributed by atoms with Crippen LogP contribution in [0.4, 0.5) is 0 Å². The van der Waals surface area contributed by atoms with Gasteiger partial charge in [-0.1, -0.05) is 6.92 Å². The van der Waals surface area contributed by atoms with E-state index < -0.39 is 0 Å². The molecule has 0 spiro atoms. The Hall–Kier alpha value is -0.830. The van der Waals surface area contributed by atoms with Crippen LogP contribution >= 0.6 is 0 Å². The van der Waals surface area contributed by atoms with Crippen LogP contribution in [0.15, 0.2) is 6.20 Å². The minimum atomic E-state index is 0.452. The molecule has 1 aromatic heterocycles. The van der Waals surface area contributed by atoms with Gasteiger partial charge in [-0.25, -0.2) is 0 Å². The van der Waals surface area contributed by atoms with Crippen LogP contribution in [0.1, 0.15) is 37.1 Å². The zero-order chi connectivity index (χ0) is 10.3. The van der Waals surface area contributed by atoms with Gasteiger partial charge in [0.25, 0.3) is 0 Å². The van der Waals surface area contributed by atoms with Crippen LogP contribution < -0.4 is 5.32 Å². The normalized spacial score (nSPS) is 20.9. The molecule has 0 saturated heterocycles. The number of nitrogens with one attached hydrogen (secondary N) is 1. The first-order valence-electron chi connectivity index (χ1n) is 5.24. The molecule has 1 N–H and O–H groups in total. The Morgan fingerprint density at radius 3 is 2.57 bits per heavy atom. The maximum Gasteiger partial charge on any atom is 0.0584 e. The third-order valence-corrected chi connectivity index (χ3v) is 3.47. The Morgan fingerprint density at radius 1 is 1.57 bits per heavy atom. The Labute approximate surface area is 85.5 Å². The first kappa shape index (κ1) is 9.71. The molecule has 0 aromatic carbocycles. The third-order valence-electron chi connectivity index (χ3n) is 3.47. The summed E-state index contributed by atoms with van der Waals surface area (Å²) in [6.45, 7) is 4.49. The van der Waals surface area contributed by atoms with Crippen molar-refractivity contribution in [2.45, 2.75) is 32.7 Å². The van der Waals surface area contributed by atoms with Crippen molar-refractivity contribution in [2.24, 2.45) is 12.5 Å². The number of hydrogen-bond donors (Lipinski definition) is 1. The highest BCUT2D eigenvalue weighted by Gasteiger charge is 2.46. The van der Waals surface area contributed by atoms with Crippen LogP contribution in [-0.4, -0.2) is 16.8 Å². The van der Waals surface area contributed by atoms with Crippen LogP contribution in [0.5, 0.6) is 0 Å². The van der Waals surface area contributed by atoms with Gasteiger partial charge in [0.15, 0.2) is 0 Å². The van der Waals surface area contributed by atoms with E-state index in [1.54, 1.807) is 0 Å². The SMILES string of the molecule is CNC(c1c(C)cnn1C)C1(C)CC1. The van der Waals surface area contributed by atoms with Gasteiger partial charge in [-0.2, -0.15) is 5.10 Å². The van der Waals surface area contributed by atoms with Crippen molar-refractivity contribution in [1.82, 2.24) is 15.1 Å². The average Bonchev–Trinajstić information content (AvgIpc) is 2.81. The molecule has 1 saturated carbocycles. The lowest BCUT2D eigenvalue weighted by Crippen LogP contribution is -2.27. The molecule has 0 bridgehead atoms. The van der Waals surface area contributed by atoms with E-state index in [1.165, 1.54) is 24.1 Å². The summed E-state index contributed by atoms with van der Waals surface area (Å²) in [5, 5.41) is 7.73. The summed E-state index contributed by atoms with van der Waals surface area (Å²) >= 11 is 0. The van der Waals surface area contributed by atoms with Gasteiger partial charge in [-0.3, -0.25) is 4.68 Å². The molecule has 0 radical (unpaired) electrons. The lowest BCUT2D eigenvalue weighted by atomic mass is 9.94. The summed E-state index contributed by atoms with van der Waals surface area (Å²) in [7, 11) is 4.07. The molecule has 1 unspecified atom stereocenters. The van der Waals surface area contributed by atoms with Crippen molar-refractivity contribution < 1.29 is 0 Å². The quantitative estimate of drug-likeness (QED) is 0.793. The maximum atomic E-state index is 4.30. The van der Waals surface area contributed by atoms with Gasteiger partial charge in [0.05, 0.1) is 17.9 Å². The zero-order valence-electron chi connectivity index (χ0n) is 9.46. The lowest BCUT2D eigenvalue weighted by Gasteiger charge is -2.24. The standard InChI is InChI=1S/C11H19N3/c1-8-7-13-14(4)9(8)10(12-3)11(2)5-6-11/h7,10,12H,5-6H2,1-4H3. The summed E-state index contributed by atoms with van der Waals surface area (Å²) in [6.07, 6.45) is 4.59. The predicted octanol–water partition coefficient (Wildman–Crippen LogP) is 1.79. The smallest absolute Gasteiger partial charge is 0.0584 e. The van der Waals surface area contributed by atoms with Crippen molar-refractivity contribution >= 4 is 0 Å². The molecule has 1 aliphatic rings. The van der Waals surface area contributed by atoms with Crippen LogP contribution in [0.25, 0.3) is 0 Å². The van der Waals surface area contributed by atoms with Crippen molar-refractivity contribution in [3.8, 4) is 0 Å². The fourth-order valence-corrected chi connectivity index (χ4v) is 2.27. The van der Waals surface area contributed by atoms with E-state index in [9.17, 15) is 0 Å². The molecule has 2 rings (SSSR count). The van der Waals surface area contributed by atoms with Gasteiger partial charge in [-0.15, -0.1) is 0 Å². The molecular formula is C11H19N3. The van der Waals surface area contributed by atoms with Crippen molar-refractivity contribution in [3.05, 3.63) is 17.5 Å². The molecule has 0 amide bonds. The van der Waals surface area contributed by atoms with E-state index in [4.69, 9.17) is 0 Å². The molecule has 0 aliphatic heterocycles. The number of aromatic nitrogens is 2. The molecule has 1 aromatic rings. The van der Waals surface area contributed by atoms with Gasteiger partial charge in [0.1, 0.15) is 0 Å². The number of nitrogens with zero attached hydrogens (tertiary/aromatic N) is 2. The van der Waals surface area contributed by atoms with Crippen molar-refractivity contribution in [2.75, 3.05) is 7.05 Å². The highest BCUT2D eigenvalue weighted by atomic mass is 15.3. The van der Waals surface area contributed by atoms with E-state index in [1.807, 2.05) is 25.0 Å². The van der Waals surface area contributed by atoms with Crippen LogP contribution in [0.3, 0.4) is 0 Å². The molecule has 78 valence electrons. The molecule has 3 nitrogen and oxygen atoms in total. The van der Waals surface area contributed by atoms with Gasteiger partial charge >= 0.3 is 0 Å². The van der Waals surface area contributed by atoms with Gasteiger partial charge in [0.2, 0.25) is 0 Å². The minimum absolute atomic E-state index is 0.452. The first-order valence-corrected chi connectivity index (χ1v) is 5.24. The number of aryl methyl sites for hydroxylation is 2. The minimum Gasteiger partial charge on any atom is -0.311 e. The molecule has 3 heteroatoms. The predicted molar refractivity (Wildman–Crippen MR) is 57.1 cm³/mol. The number of rotatable bonds is 3. The largest absolute Gasteiger partial charge is 0.311 e. The van der Waals surface area contributed by atoms with Gasteiger partial charge in [0, 0.05) is 7.05 Å². The topological polar surface area (TPSA) is 29.9 Å². The molecule has 1 fully saturated rings. The molecule has 1 atom stereocenters. The van der Waals surface area contributed by atoms with Gasteiger partial charge < -0.3 is 5.32 Å². The second-order valence-electron chi connectivity index (χ2n) is 4.71. The summed E-state index contributed by atoms with van der Waals surface area (Å²) in [5.74, 6) is 0. The Morgan fingerprint density at radius 2 is 2.21 bits per heavy atom. The molecular weight excluding hydrogens is 174 g/mol. The summed E-state index contributed by atoms with van der Waals surface area (Å²) in [5.41, 5.74) is 3.08. The van der Waals surface area contributed by atoms with E-state index in [0.717, 1.165) is 0 Å². The Balaban J connectivity index is 2.36. The maximum absolute atomic E-state index is 4.30. The van der Waals surface area contributed by atoms with Crippen LogP contribution in [0, 0.1) is 12.3 Å². The van der Waals surface area contributed by atoms with Crippen LogP contribution in [-0.2, 0) is 7.05 Å². The summed E-state index contributed by atoms with van der Waals surface area (Å²) < 4.78 is 2.00. The first-order chi connectivity index (χ1) is 6.58. The average molecular weight is 193 g/mol. The van der Waals surface area contributed by atoms with E-state index >= 15 is 0 Å². The highest BCUT2D eigenvalue weighted by Crippen LogP contribution is 2.54. The third kappa shape index (κ3) is 1.36.